The molecule has 0 spiro atoms. The Labute approximate surface area is 139 Å². The van der Waals surface area contributed by atoms with E-state index in [9.17, 15) is 9.59 Å². The molecule has 3 rings (SSSR count). The van der Waals surface area contributed by atoms with E-state index in [-0.39, 0.29) is 17.8 Å². The Morgan fingerprint density at radius 2 is 2.33 bits per heavy atom. The summed E-state index contributed by atoms with van der Waals surface area (Å²) in [7, 11) is 0. The molecule has 2 amide bonds. The van der Waals surface area contributed by atoms with Crippen LogP contribution < -0.4 is 5.32 Å². The van der Waals surface area contributed by atoms with E-state index in [0.29, 0.717) is 25.2 Å². The number of piperidine rings is 1. The van der Waals surface area contributed by atoms with Crippen molar-refractivity contribution in [1.82, 2.24) is 20.1 Å². The Morgan fingerprint density at radius 3 is 3.08 bits per heavy atom. The maximum absolute atomic E-state index is 12.6. The third-order valence-electron chi connectivity index (χ3n) is 4.10. The van der Waals surface area contributed by atoms with Gasteiger partial charge in [0.25, 0.3) is 0 Å². The fourth-order valence-corrected chi connectivity index (χ4v) is 2.90. The summed E-state index contributed by atoms with van der Waals surface area (Å²) in [5.74, 6) is 0.509. The number of anilines is 1. The summed E-state index contributed by atoms with van der Waals surface area (Å²) in [4.78, 5) is 30.7. The average molecular weight is 331 g/mol. The molecule has 8 heteroatoms. The zero-order valence-corrected chi connectivity index (χ0v) is 13.6. The van der Waals surface area contributed by atoms with Gasteiger partial charge in [-0.1, -0.05) is 6.92 Å². The highest BCUT2D eigenvalue weighted by Gasteiger charge is 2.32. The molecule has 8 nitrogen and oxygen atoms in total. The lowest BCUT2D eigenvalue weighted by Crippen LogP contribution is -2.50. The molecule has 0 bridgehead atoms. The number of H-pyrrole nitrogens is 1. The Balaban J connectivity index is 1.68. The molecule has 2 N–H and O–H groups in total. The fraction of sp³-hybridized carbons (Fsp3) is 0.500. The predicted molar refractivity (Wildman–Crippen MR) is 87.0 cm³/mol. The van der Waals surface area contributed by atoms with Crippen LogP contribution >= 0.6 is 0 Å². The predicted octanol–water partition coefficient (Wildman–Crippen LogP) is 2.18. The van der Waals surface area contributed by atoms with Gasteiger partial charge >= 0.3 is 0 Å². The monoisotopic (exact) mass is 331 g/mol. The van der Waals surface area contributed by atoms with Gasteiger partial charge in [-0.05, 0) is 31.7 Å². The first kappa shape index (κ1) is 16.2. The van der Waals surface area contributed by atoms with Crippen LogP contribution in [0.5, 0.6) is 0 Å². The van der Waals surface area contributed by atoms with E-state index in [1.807, 2.05) is 6.92 Å². The molecule has 0 aromatic carbocycles. The maximum atomic E-state index is 12.6. The number of carbonyl (C=O) groups is 2. The van der Waals surface area contributed by atoms with Gasteiger partial charge in [-0.3, -0.25) is 20.0 Å². The van der Waals surface area contributed by atoms with Gasteiger partial charge in [-0.15, -0.1) is 5.10 Å². The van der Waals surface area contributed by atoms with Gasteiger partial charge in [0.1, 0.15) is 12.3 Å². The number of hydrogen-bond acceptors (Lipinski definition) is 5. The van der Waals surface area contributed by atoms with Crippen LogP contribution in [0, 0.1) is 0 Å². The number of aromatic amines is 1. The number of rotatable bonds is 5. The molecule has 0 saturated carbocycles. The summed E-state index contributed by atoms with van der Waals surface area (Å²) in [6.45, 7) is 2.59. The molecule has 1 unspecified atom stereocenters. The quantitative estimate of drug-likeness (QED) is 0.874. The molecule has 3 heterocycles. The first-order chi connectivity index (χ1) is 11.7. The minimum atomic E-state index is -0.450. The van der Waals surface area contributed by atoms with E-state index in [1.54, 1.807) is 17.2 Å². The molecule has 1 fully saturated rings. The third-order valence-corrected chi connectivity index (χ3v) is 4.10. The molecule has 1 aliphatic rings. The van der Waals surface area contributed by atoms with Crippen molar-refractivity contribution >= 4 is 17.8 Å². The summed E-state index contributed by atoms with van der Waals surface area (Å²) in [5.41, 5.74) is 0.750. The summed E-state index contributed by atoms with van der Waals surface area (Å²) >= 11 is 0. The molecular weight excluding hydrogens is 310 g/mol. The van der Waals surface area contributed by atoms with E-state index in [1.165, 1.54) is 6.26 Å². The van der Waals surface area contributed by atoms with Crippen LogP contribution in [0.15, 0.2) is 23.0 Å². The van der Waals surface area contributed by atoms with E-state index >= 15 is 0 Å². The molecule has 0 radical (unpaired) electrons. The van der Waals surface area contributed by atoms with Crippen molar-refractivity contribution in [3.63, 3.8) is 0 Å². The van der Waals surface area contributed by atoms with Crippen LogP contribution in [-0.4, -0.2) is 44.5 Å². The molecule has 2 aromatic rings. The number of aromatic nitrogens is 3. The van der Waals surface area contributed by atoms with Crippen molar-refractivity contribution in [2.45, 2.75) is 45.1 Å². The van der Waals surface area contributed by atoms with Crippen LogP contribution in [0.25, 0.3) is 11.4 Å². The Kier molecular flexibility index (Phi) is 4.93. The number of nitrogens with zero attached hydrogens (tertiary/aromatic N) is 3. The summed E-state index contributed by atoms with van der Waals surface area (Å²) in [5, 5.41) is 9.46. The van der Waals surface area contributed by atoms with Crippen molar-refractivity contribution in [1.29, 1.82) is 0 Å². The first-order valence-electron chi connectivity index (χ1n) is 8.24. The number of hydrogen-bond donors (Lipinski definition) is 2. The van der Waals surface area contributed by atoms with E-state index < -0.39 is 6.04 Å². The van der Waals surface area contributed by atoms with Crippen molar-refractivity contribution < 1.29 is 14.0 Å². The Bertz CT molecular complexity index is 694. The van der Waals surface area contributed by atoms with Gasteiger partial charge in [-0.25, -0.2) is 0 Å². The largest absolute Gasteiger partial charge is 0.472 e. The zero-order chi connectivity index (χ0) is 16.9. The fourth-order valence-electron chi connectivity index (χ4n) is 2.90. The van der Waals surface area contributed by atoms with Gasteiger partial charge in [-0.2, -0.15) is 4.98 Å². The molecule has 1 saturated heterocycles. The first-order valence-corrected chi connectivity index (χ1v) is 8.24. The minimum absolute atomic E-state index is 0.0337. The van der Waals surface area contributed by atoms with Gasteiger partial charge in [0, 0.05) is 13.0 Å². The smallest absolute Gasteiger partial charge is 0.249 e. The van der Waals surface area contributed by atoms with Gasteiger partial charge in [0.15, 0.2) is 5.82 Å². The molecular formula is C16H21N5O3. The normalized spacial score (nSPS) is 17.7. The van der Waals surface area contributed by atoms with E-state index in [4.69, 9.17) is 4.42 Å². The molecule has 128 valence electrons. The summed E-state index contributed by atoms with van der Waals surface area (Å²) < 4.78 is 5.00. The number of nitrogens with one attached hydrogen (secondary N) is 2. The molecule has 1 atom stereocenters. The van der Waals surface area contributed by atoms with Crippen LogP contribution in [0.2, 0.25) is 0 Å². The van der Waals surface area contributed by atoms with Crippen LogP contribution in [0.1, 0.15) is 39.0 Å². The lowest BCUT2D eigenvalue weighted by atomic mass is 10.0. The second kappa shape index (κ2) is 7.29. The average Bonchev–Trinajstić information content (AvgIpc) is 3.26. The maximum Gasteiger partial charge on any atom is 0.249 e. The van der Waals surface area contributed by atoms with E-state index in [2.05, 4.69) is 20.5 Å². The van der Waals surface area contributed by atoms with Crippen LogP contribution in [-0.2, 0) is 9.59 Å². The van der Waals surface area contributed by atoms with Crippen molar-refractivity contribution in [3.05, 3.63) is 18.6 Å². The van der Waals surface area contributed by atoms with Gasteiger partial charge in [0.05, 0.1) is 11.8 Å². The van der Waals surface area contributed by atoms with Crippen molar-refractivity contribution in [2.24, 2.45) is 0 Å². The van der Waals surface area contributed by atoms with Gasteiger partial charge in [0.2, 0.25) is 17.8 Å². The topological polar surface area (TPSA) is 104 Å². The summed E-state index contributed by atoms with van der Waals surface area (Å²) in [6.07, 6.45) is 6.86. The molecule has 24 heavy (non-hydrogen) atoms. The Morgan fingerprint density at radius 1 is 1.46 bits per heavy atom. The number of amides is 2. The van der Waals surface area contributed by atoms with Crippen molar-refractivity contribution in [2.75, 3.05) is 11.9 Å². The highest BCUT2D eigenvalue weighted by Crippen LogP contribution is 2.20. The van der Waals surface area contributed by atoms with Crippen LogP contribution in [0.4, 0.5) is 5.95 Å². The molecule has 0 aliphatic carbocycles. The SMILES string of the molecule is CCCC(=O)N1CCCCC1C(=O)Nc1n[nH]c(-c2ccoc2)n1. The number of furan rings is 1. The lowest BCUT2D eigenvalue weighted by molar-refractivity contribution is -0.140. The number of likely N-dealkylation sites (tertiary alicyclic amines) is 1. The lowest BCUT2D eigenvalue weighted by Gasteiger charge is -2.34. The second-order valence-electron chi connectivity index (χ2n) is 5.86. The molecule has 1 aliphatic heterocycles. The van der Waals surface area contributed by atoms with Gasteiger partial charge < -0.3 is 9.32 Å². The second-order valence-corrected chi connectivity index (χ2v) is 5.86. The zero-order valence-electron chi connectivity index (χ0n) is 13.6. The van der Waals surface area contributed by atoms with E-state index in [0.717, 1.165) is 24.8 Å². The standard InChI is InChI=1S/C16H21N5O3/c1-2-5-13(22)21-8-4-3-6-12(21)15(23)18-16-17-14(19-20-16)11-7-9-24-10-11/h7,9-10,12H,2-6,8H2,1H3,(H2,17,18,19,20,23). The highest BCUT2D eigenvalue weighted by molar-refractivity contribution is 5.96. The highest BCUT2D eigenvalue weighted by atomic mass is 16.3. The summed E-state index contributed by atoms with van der Waals surface area (Å²) in [6, 6.07) is 1.30. The Hall–Kier alpha value is -2.64. The number of carbonyl (C=O) groups excluding carboxylic acids is 2. The minimum Gasteiger partial charge on any atom is -0.472 e. The van der Waals surface area contributed by atoms with Crippen molar-refractivity contribution in [3.8, 4) is 11.4 Å². The van der Waals surface area contributed by atoms with Crippen LogP contribution in [0.3, 0.4) is 0 Å². The third kappa shape index (κ3) is 3.47. The molecule has 2 aromatic heterocycles.